The molecule has 1 aromatic carbocycles. The average Bonchev–Trinajstić information content (AvgIpc) is 2.41. The molecule has 0 spiro atoms. The first-order valence-electron chi connectivity index (χ1n) is 6.71. The number of hydrogen-bond acceptors (Lipinski definition) is 2. The monoisotopic (exact) mass is 246 g/mol. The zero-order chi connectivity index (χ0) is 13.1. The number of carbonyl (C=O) groups excluding carboxylic acids is 1. The highest BCUT2D eigenvalue weighted by molar-refractivity contribution is 5.94. The van der Waals surface area contributed by atoms with Gasteiger partial charge in [0, 0.05) is 24.7 Å². The van der Waals surface area contributed by atoms with Gasteiger partial charge in [-0.05, 0) is 43.4 Å². The van der Waals surface area contributed by atoms with Gasteiger partial charge in [-0.25, -0.2) is 0 Å². The Bertz CT molecular complexity index is 430. The summed E-state index contributed by atoms with van der Waals surface area (Å²) in [4.78, 5) is 14.5. The quantitative estimate of drug-likeness (QED) is 0.871. The Labute approximate surface area is 109 Å². The van der Waals surface area contributed by atoms with Crippen LogP contribution in [0.15, 0.2) is 24.3 Å². The highest BCUT2D eigenvalue weighted by atomic mass is 16.2. The van der Waals surface area contributed by atoms with Gasteiger partial charge >= 0.3 is 0 Å². The van der Waals surface area contributed by atoms with Crippen LogP contribution in [0.5, 0.6) is 0 Å². The molecule has 2 unspecified atom stereocenters. The third-order valence-corrected chi connectivity index (χ3v) is 3.79. The largest absolute Gasteiger partial charge is 0.336 e. The summed E-state index contributed by atoms with van der Waals surface area (Å²) in [5.74, 6) is 0.743. The number of nitrogens with two attached hydrogens (primary N) is 1. The van der Waals surface area contributed by atoms with Crippen molar-refractivity contribution in [1.82, 2.24) is 4.90 Å². The minimum Gasteiger partial charge on any atom is -0.336 e. The Morgan fingerprint density at radius 3 is 2.89 bits per heavy atom. The molecule has 1 aliphatic rings. The summed E-state index contributed by atoms with van der Waals surface area (Å²) in [7, 11) is 0. The van der Waals surface area contributed by atoms with E-state index in [-0.39, 0.29) is 5.91 Å². The van der Waals surface area contributed by atoms with E-state index in [0.29, 0.717) is 18.5 Å². The number of carbonyl (C=O) groups is 1. The van der Waals surface area contributed by atoms with Gasteiger partial charge in [0.05, 0.1) is 0 Å². The van der Waals surface area contributed by atoms with E-state index >= 15 is 0 Å². The number of amides is 1. The van der Waals surface area contributed by atoms with Gasteiger partial charge in [0.1, 0.15) is 0 Å². The normalized spacial score (nSPS) is 24.1. The molecule has 1 heterocycles. The molecule has 3 nitrogen and oxygen atoms in total. The van der Waals surface area contributed by atoms with Crippen molar-refractivity contribution in [2.45, 2.75) is 39.3 Å². The Kier molecular flexibility index (Phi) is 4.02. The second-order valence-electron chi connectivity index (χ2n) is 5.39. The van der Waals surface area contributed by atoms with Crippen molar-refractivity contribution in [3.05, 3.63) is 35.4 Å². The summed E-state index contributed by atoms with van der Waals surface area (Å²) in [6, 6.07) is 8.00. The summed E-state index contributed by atoms with van der Waals surface area (Å²) in [5.41, 5.74) is 7.40. The maximum absolute atomic E-state index is 12.5. The molecule has 1 aromatic rings. The number of nitrogens with zero attached hydrogens (tertiary/aromatic N) is 1. The van der Waals surface area contributed by atoms with Crippen LogP contribution in [0.4, 0.5) is 0 Å². The molecule has 1 aliphatic heterocycles. The van der Waals surface area contributed by atoms with Crippen molar-refractivity contribution in [2.24, 2.45) is 11.7 Å². The van der Waals surface area contributed by atoms with E-state index in [2.05, 4.69) is 13.8 Å². The predicted molar refractivity (Wildman–Crippen MR) is 73.2 cm³/mol. The SMILES string of the molecule is CC1CCC(C)N(C(=O)c2cccc(CN)c2)C1. The first-order chi connectivity index (χ1) is 8.61. The van der Waals surface area contributed by atoms with Gasteiger partial charge in [0.2, 0.25) is 0 Å². The molecule has 0 radical (unpaired) electrons. The van der Waals surface area contributed by atoms with E-state index in [1.54, 1.807) is 0 Å². The molecular formula is C15H22N2O. The lowest BCUT2D eigenvalue weighted by Gasteiger charge is -2.37. The molecule has 18 heavy (non-hydrogen) atoms. The molecule has 1 saturated heterocycles. The molecule has 98 valence electrons. The second kappa shape index (κ2) is 5.53. The van der Waals surface area contributed by atoms with Crippen molar-refractivity contribution in [2.75, 3.05) is 6.54 Å². The highest BCUT2D eigenvalue weighted by Crippen LogP contribution is 2.23. The van der Waals surface area contributed by atoms with Crippen molar-refractivity contribution in [3.63, 3.8) is 0 Å². The van der Waals surface area contributed by atoms with Crippen LogP contribution in [-0.4, -0.2) is 23.4 Å². The van der Waals surface area contributed by atoms with Crippen molar-refractivity contribution in [1.29, 1.82) is 0 Å². The highest BCUT2D eigenvalue weighted by Gasteiger charge is 2.27. The summed E-state index contributed by atoms with van der Waals surface area (Å²) in [6.07, 6.45) is 2.32. The predicted octanol–water partition coefficient (Wildman–Crippen LogP) is 2.41. The molecular weight excluding hydrogens is 224 g/mol. The maximum atomic E-state index is 12.5. The number of piperidine rings is 1. The Hall–Kier alpha value is -1.35. The average molecular weight is 246 g/mol. The number of rotatable bonds is 2. The lowest BCUT2D eigenvalue weighted by Crippen LogP contribution is -2.44. The summed E-state index contributed by atoms with van der Waals surface area (Å²) < 4.78 is 0. The van der Waals surface area contributed by atoms with Crippen LogP contribution >= 0.6 is 0 Å². The van der Waals surface area contributed by atoms with Crippen LogP contribution in [-0.2, 0) is 6.54 Å². The van der Waals surface area contributed by atoms with E-state index < -0.39 is 0 Å². The van der Waals surface area contributed by atoms with Crippen molar-refractivity contribution in [3.8, 4) is 0 Å². The molecule has 2 atom stereocenters. The van der Waals surface area contributed by atoms with E-state index in [4.69, 9.17) is 5.73 Å². The van der Waals surface area contributed by atoms with Crippen molar-refractivity contribution >= 4 is 5.91 Å². The van der Waals surface area contributed by atoms with E-state index in [1.165, 1.54) is 6.42 Å². The minimum absolute atomic E-state index is 0.143. The first-order valence-corrected chi connectivity index (χ1v) is 6.71. The van der Waals surface area contributed by atoms with Gasteiger partial charge in [-0.15, -0.1) is 0 Å². The van der Waals surface area contributed by atoms with Gasteiger partial charge in [-0.3, -0.25) is 4.79 Å². The number of likely N-dealkylation sites (tertiary alicyclic amines) is 1. The zero-order valence-electron chi connectivity index (χ0n) is 11.2. The van der Waals surface area contributed by atoms with Gasteiger partial charge < -0.3 is 10.6 Å². The summed E-state index contributed by atoms with van der Waals surface area (Å²) >= 11 is 0. The minimum atomic E-state index is 0.143. The Morgan fingerprint density at radius 2 is 2.17 bits per heavy atom. The molecule has 3 heteroatoms. The first kappa shape index (κ1) is 13.1. The molecule has 0 aliphatic carbocycles. The molecule has 0 saturated carbocycles. The molecule has 0 aromatic heterocycles. The van der Waals surface area contributed by atoms with Gasteiger partial charge in [-0.1, -0.05) is 19.1 Å². The molecule has 1 amide bonds. The molecule has 0 bridgehead atoms. The van der Waals surface area contributed by atoms with Crippen molar-refractivity contribution < 1.29 is 4.79 Å². The lowest BCUT2D eigenvalue weighted by molar-refractivity contribution is 0.0574. The standard InChI is InChI=1S/C15H22N2O/c1-11-6-7-12(2)17(10-11)15(18)14-5-3-4-13(8-14)9-16/h3-5,8,11-12H,6-7,9-10,16H2,1-2H3. The smallest absolute Gasteiger partial charge is 0.254 e. The van der Waals surface area contributed by atoms with Crippen LogP contribution in [0.25, 0.3) is 0 Å². The van der Waals surface area contributed by atoms with E-state index in [1.807, 2.05) is 29.2 Å². The number of hydrogen-bond donors (Lipinski definition) is 1. The van der Waals surface area contributed by atoms with Crippen LogP contribution in [0.1, 0.15) is 42.6 Å². The molecule has 2 rings (SSSR count). The Morgan fingerprint density at radius 1 is 1.39 bits per heavy atom. The number of benzene rings is 1. The van der Waals surface area contributed by atoms with E-state index in [9.17, 15) is 4.79 Å². The van der Waals surface area contributed by atoms with Gasteiger partial charge in [0.25, 0.3) is 5.91 Å². The second-order valence-corrected chi connectivity index (χ2v) is 5.39. The van der Waals surface area contributed by atoms with Crippen LogP contribution < -0.4 is 5.73 Å². The summed E-state index contributed by atoms with van der Waals surface area (Å²) in [6.45, 7) is 5.69. The Balaban J connectivity index is 2.18. The fourth-order valence-corrected chi connectivity index (χ4v) is 2.57. The fourth-order valence-electron chi connectivity index (χ4n) is 2.57. The van der Waals surface area contributed by atoms with Crippen LogP contribution in [0.3, 0.4) is 0 Å². The van der Waals surface area contributed by atoms with Crippen LogP contribution in [0.2, 0.25) is 0 Å². The van der Waals surface area contributed by atoms with Gasteiger partial charge in [-0.2, -0.15) is 0 Å². The molecule has 1 fully saturated rings. The zero-order valence-corrected chi connectivity index (χ0v) is 11.2. The van der Waals surface area contributed by atoms with Gasteiger partial charge in [0.15, 0.2) is 0 Å². The van der Waals surface area contributed by atoms with E-state index in [0.717, 1.165) is 24.1 Å². The van der Waals surface area contributed by atoms with Crippen LogP contribution in [0, 0.1) is 5.92 Å². The maximum Gasteiger partial charge on any atom is 0.254 e. The topological polar surface area (TPSA) is 46.3 Å². The lowest BCUT2D eigenvalue weighted by atomic mass is 9.94. The molecule has 2 N–H and O–H groups in total. The third-order valence-electron chi connectivity index (χ3n) is 3.79. The summed E-state index contributed by atoms with van der Waals surface area (Å²) in [5, 5.41) is 0. The fraction of sp³-hybridized carbons (Fsp3) is 0.533. The third kappa shape index (κ3) is 2.72.